The molecule has 0 aromatic rings. The number of β-amino-alcohol motifs (C(OH)–C–C–N with tert-alkyl or cyclic N) is 1. The van der Waals surface area contributed by atoms with Gasteiger partial charge in [-0.1, -0.05) is 13.8 Å². The number of nitrogens with zero attached hydrogens (tertiary/aromatic N) is 2. The number of ether oxygens (including phenoxy) is 1. The first-order chi connectivity index (χ1) is 11.5. The predicted molar refractivity (Wildman–Crippen MR) is 103 cm³/mol. The average molecular weight is 360 g/mol. The lowest BCUT2D eigenvalue weighted by molar-refractivity contribution is -0.0643. The predicted octanol–water partition coefficient (Wildman–Crippen LogP) is 1.43. The van der Waals surface area contributed by atoms with Gasteiger partial charge in [0, 0.05) is 43.5 Å². The Balaban J connectivity index is 1.87. The summed E-state index contributed by atoms with van der Waals surface area (Å²) in [4.78, 5) is 4.93. The maximum atomic E-state index is 10.1. The standard InChI is InChI=1S/C18H37N3O2S/c1-4-7-20-12-16(19-17(22)13-20)15(2)5-6-18(3)14-23-10-8-21(18)9-11-24/h15-17,19,22,24H,4-14H2,1-3H3. The molecular formula is C18H37N3O2S. The zero-order valence-corrected chi connectivity index (χ0v) is 16.6. The molecule has 5 nitrogen and oxygen atoms in total. The van der Waals surface area contributed by atoms with E-state index in [1.165, 1.54) is 0 Å². The zero-order chi connectivity index (χ0) is 17.6. The summed E-state index contributed by atoms with van der Waals surface area (Å²) < 4.78 is 5.78. The van der Waals surface area contributed by atoms with Crippen LogP contribution < -0.4 is 5.32 Å². The molecular weight excluding hydrogens is 322 g/mol. The van der Waals surface area contributed by atoms with Gasteiger partial charge in [-0.15, -0.1) is 0 Å². The van der Waals surface area contributed by atoms with Crippen LogP contribution in [0.25, 0.3) is 0 Å². The Bertz CT molecular complexity index is 372. The molecule has 6 heteroatoms. The van der Waals surface area contributed by atoms with Crippen LogP contribution in [-0.4, -0.2) is 84.4 Å². The maximum absolute atomic E-state index is 10.1. The van der Waals surface area contributed by atoms with Gasteiger partial charge in [0.25, 0.3) is 0 Å². The second-order valence-corrected chi connectivity index (χ2v) is 8.27. The van der Waals surface area contributed by atoms with Gasteiger partial charge < -0.3 is 9.84 Å². The summed E-state index contributed by atoms with van der Waals surface area (Å²) in [6.45, 7) is 13.4. The minimum absolute atomic E-state index is 0.117. The number of rotatable bonds is 8. The van der Waals surface area contributed by atoms with Crippen molar-refractivity contribution in [3.8, 4) is 0 Å². The molecule has 0 bridgehead atoms. The summed E-state index contributed by atoms with van der Waals surface area (Å²) >= 11 is 4.41. The highest BCUT2D eigenvalue weighted by Gasteiger charge is 2.36. The van der Waals surface area contributed by atoms with Crippen molar-refractivity contribution in [2.24, 2.45) is 5.92 Å². The Morgan fingerprint density at radius 2 is 2.17 bits per heavy atom. The van der Waals surface area contributed by atoms with E-state index in [0.29, 0.717) is 12.0 Å². The lowest BCUT2D eigenvalue weighted by atomic mass is 9.86. The quantitative estimate of drug-likeness (QED) is 0.572. The molecule has 2 aliphatic heterocycles. The summed E-state index contributed by atoms with van der Waals surface area (Å²) in [6, 6.07) is 0.367. The van der Waals surface area contributed by atoms with Crippen molar-refractivity contribution in [2.75, 3.05) is 51.7 Å². The van der Waals surface area contributed by atoms with E-state index in [-0.39, 0.29) is 5.54 Å². The zero-order valence-electron chi connectivity index (χ0n) is 15.7. The van der Waals surface area contributed by atoms with Gasteiger partial charge in [0.1, 0.15) is 6.23 Å². The Morgan fingerprint density at radius 3 is 2.88 bits per heavy atom. The summed E-state index contributed by atoms with van der Waals surface area (Å²) in [5.74, 6) is 1.43. The van der Waals surface area contributed by atoms with Crippen LogP contribution >= 0.6 is 12.6 Å². The van der Waals surface area contributed by atoms with Crippen molar-refractivity contribution in [3.63, 3.8) is 0 Å². The Labute approximate surface area is 153 Å². The molecule has 2 N–H and O–H groups in total. The van der Waals surface area contributed by atoms with E-state index >= 15 is 0 Å². The topological polar surface area (TPSA) is 48.0 Å². The third-order valence-electron chi connectivity index (χ3n) is 5.71. The first-order valence-corrected chi connectivity index (χ1v) is 10.2. The molecule has 0 amide bonds. The molecule has 0 spiro atoms. The van der Waals surface area contributed by atoms with Crippen LogP contribution in [0, 0.1) is 5.92 Å². The summed E-state index contributed by atoms with van der Waals surface area (Å²) in [5, 5.41) is 13.5. The number of thiol groups is 1. The van der Waals surface area contributed by atoms with Gasteiger partial charge in [0.05, 0.1) is 13.2 Å². The third-order valence-corrected chi connectivity index (χ3v) is 5.91. The number of aliphatic hydroxyl groups is 1. The third kappa shape index (κ3) is 5.58. The number of morpholine rings is 1. The van der Waals surface area contributed by atoms with Gasteiger partial charge in [-0.2, -0.15) is 12.6 Å². The van der Waals surface area contributed by atoms with Gasteiger partial charge in [-0.25, -0.2) is 0 Å². The minimum atomic E-state index is -0.396. The highest BCUT2D eigenvalue weighted by Crippen LogP contribution is 2.28. The number of hydrogen-bond acceptors (Lipinski definition) is 6. The highest BCUT2D eigenvalue weighted by atomic mass is 32.1. The van der Waals surface area contributed by atoms with Crippen LogP contribution in [0.4, 0.5) is 0 Å². The van der Waals surface area contributed by atoms with E-state index in [4.69, 9.17) is 4.74 Å². The first kappa shape index (κ1) is 20.5. The molecule has 4 atom stereocenters. The van der Waals surface area contributed by atoms with Gasteiger partial charge in [-0.3, -0.25) is 15.1 Å². The number of aliphatic hydroxyl groups excluding tert-OH is 1. The van der Waals surface area contributed by atoms with Gasteiger partial charge in [0.2, 0.25) is 0 Å². The molecule has 0 aliphatic carbocycles. The monoisotopic (exact) mass is 359 g/mol. The van der Waals surface area contributed by atoms with Crippen molar-refractivity contribution in [1.82, 2.24) is 15.1 Å². The van der Waals surface area contributed by atoms with Crippen molar-refractivity contribution >= 4 is 12.6 Å². The Morgan fingerprint density at radius 1 is 1.38 bits per heavy atom. The molecule has 2 heterocycles. The fourth-order valence-corrected chi connectivity index (χ4v) is 4.33. The number of hydrogen-bond donors (Lipinski definition) is 3. The number of nitrogens with one attached hydrogen (secondary N) is 1. The molecule has 0 radical (unpaired) electrons. The molecule has 4 unspecified atom stereocenters. The molecule has 0 saturated carbocycles. The molecule has 0 aromatic carbocycles. The maximum Gasteiger partial charge on any atom is 0.118 e. The molecule has 0 aromatic heterocycles. The molecule has 2 fully saturated rings. The van der Waals surface area contributed by atoms with E-state index in [2.05, 4.69) is 48.5 Å². The molecule has 24 heavy (non-hydrogen) atoms. The molecule has 2 rings (SSSR count). The molecule has 142 valence electrons. The van der Waals surface area contributed by atoms with Crippen LogP contribution in [0.2, 0.25) is 0 Å². The number of piperazine rings is 1. The fraction of sp³-hybridized carbons (Fsp3) is 1.00. The van der Waals surface area contributed by atoms with Crippen LogP contribution in [0.1, 0.15) is 40.0 Å². The van der Waals surface area contributed by atoms with E-state index in [1.54, 1.807) is 0 Å². The first-order valence-electron chi connectivity index (χ1n) is 9.58. The Hall–Kier alpha value is 0.150. The van der Waals surface area contributed by atoms with E-state index in [1.807, 2.05) is 0 Å². The van der Waals surface area contributed by atoms with Crippen LogP contribution in [0.15, 0.2) is 0 Å². The second-order valence-electron chi connectivity index (χ2n) is 7.82. The largest absolute Gasteiger partial charge is 0.378 e. The van der Waals surface area contributed by atoms with E-state index in [0.717, 1.165) is 71.0 Å². The van der Waals surface area contributed by atoms with E-state index in [9.17, 15) is 5.11 Å². The minimum Gasteiger partial charge on any atom is -0.378 e. The second kappa shape index (κ2) is 9.74. The fourth-order valence-electron chi connectivity index (χ4n) is 4.09. The van der Waals surface area contributed by atoms with Crippen molar-refractivity contribution in [3.05, 3.63) is 0 Å². The normalized spacial score (nSPS) is 34.4. The van der Waals surface area contributed by atoms with Crippen molar-refractivity contribution in [1.29, 1.82) is 0 Å². The van der Waals surface area contributed by atoms with Crippen LogP contribution in [0.3, 0.4) is 0 Å². The highest BCUT2D eigenvalue weighted by molar-refractivity contribution is 7.80. The lowest BCUT2D eigenvalue weighted by Gasteiger charge is -2.46. The summed E-state index contributed by atoms with van der Waals surface area (Å²) in [5.41, 5.74) is 0.117. The molecule has 2 saturated heterocycles. The van der Waals surface area contributed by atoms with E-state index < -0.39 is 6.23 Å². The summed E-state index contributed by atoms with van der Waals surface area (Å²) in [7, 11) is 0. The van der Waals surface area contributed by atoms with Crippen molar-refractivity contribution in [2.45, 2.75) is 57.8 Å². The van der Waals surface area contributed by atoms with Gasteiger partial charge in [-0.05, 0) is 38.6 Å². The van der Waals surface area contributed by atoms with Crippen LogP contribution in [0.5, 0.6) is 0 Å². The SMILES string of the molecule is CCCN1CC(O)NC(C(C)CCC2(C)COCCN2CCS)C1. The van der Waals surface area contributed by atoms with Gasteiger partial charge >= 0.3 is 0 Å². The lowest BCUT2D eigenvalue weighted by Crippen LogP contribution is -2.59. The Kier molecular flexibility index (Phi) is 8.30. The van der Waals surface area contributed by atoms with Gasteiger partial charge in [0.15, 0.2) is 0 Å². The smallest absolute Gasteiger partial charge is 0.118 e. The average Bonchev–Trinajstić information content (AvgIpc) is 2.55. The molecule has 2 aliphatic rings. The van der Waals surface area contributed by atoms with Crippen molar-refractivity contribution < 1.29 is 9.84 Å². The summed E-state index contributed by atoms with van der Waals surface area (Å²) in [6.07, 6.45) is 3.02. The van der Waals surface area contributed by atoms with Crippen LogP contribution in [-0.2, 0) is 4.74 Å².